The second-order valence-corrected chi connectivity index (χ2v) is 11.3. The van der Waals surface area contributed by atoms with E-state index in [1.165, 1.54) is 4.90 Å². The van der Waals surface area contributed by atoms with Crippen LogP contribution in [0.25, 0.3) is 11.3 Å². The third kappa shape index (κ3) is 8.61. The number of ether oxygens (including phenoxy) is 1. The molecule has 2 N–H and O–H groups in total. The Hall–Kier alpha value is -3.76. The Morgan fingerprint density at radius 3 is 2.49 bits per heavy atom. The van der Waals surface area contributed by atoms with Gasteiger partial charge in [0.2, 0.25) is 17.7 Å². The minimum Gasteiger partial charge on any atom is -0.497 e. The van der Waals surface area contributed by atoms with Crippen LogP contribution < -0.4 is 15.4 Å². The second-order valence-electron chi connectivity index (χ2n) is 10.3. The van der Waals surface area contributed by atoms with Crippen LogP contribution in [0, 0.1) is 0 Å². The van der Waals surface area contributed by atoms with Crippen LogP contribution in [0.2, 0.25) is 0 Å². The maximum Gasteiger partial charge on any atom is 0.245 e. The first kappa shape index (κ1) is 30.2. The molecule has 2 aromatic carbocycles. The number of carbonyl (C=O) groups is 3. The highest BCUT2D eigenvalue weighted by Crippen LogP contribution is 2.23. The van der Waals surface area contributed by atoms with Gasteiger partial charge in [0.25, 0.3) is 0 Å². The molecule has 3 amide bonds. The number of benzene rings is 2. The van der Waals surface area contributed by atoms with Gasteiger partial charge in [-0.15, -0.1) is 11.3 Å². The fourth-order valence-electron chi connectivity index (χ4n) is 4.79. The number of thiazole rings is 1. The van der Waals surface area contributed by atoms with Crippen molar-refractivity contribution >= 4 is 29.1 Å². The van der Waals surface area contributed by atoms with Gasteiger partial charge in [0.05, 0.1) is 19.3 Å². The maximum atomic E-state index is 13.5. The average molecular weight is 578 g/mol. The van der Waals surface area contributed by atoms with Crippen molar-refractivity contribution in [3.8, 4) is 17.0 Å². The fourth-order valence-corrected chi connectivity index (χ4v) is 5.63. The predicted molar refractivity (Wildman–Crippen MR) is 161 cm³/mol. The first-order chi connectivity index (χ1) is 19.8. The Bertz CT molecular complexity index is 1300. The highest BCUT2D eigenvalue weighted by Gasteiger charge is 2.30. The summed E-state index contributed by atoms with van der Waals surface area (Å²) >= 11 is 1.63. The summed E-state index contributed by atoms with van der Waals surface area (Å²) in [5.41, 5.74) is 2.93. The van der Waals surface area contributed by atoms with Crippen LogP contribution in [0.15, 0.2) is 60.0 Å². The van der Waals surface area contributed by atoms with E-state index in [0.717, 1.165) is 34.8 Å². The van der Waals surface area contributed by atoms with E-state index >= 15 is 0 Å². The van der Waals surface area contributed by atoms with E-state index in [0.29, 0.717) is 44.6 Å². The second kappa shape index (κ2) is 14.7. The van der Waals surface area contributed by atoms with E-state index in [9.17, 15) is 14.4 Å². The van der Waals surface area contributed by atoms with E-state index in [-0.39, 0.29) is 17.7 Å². The van der Waals surface area contributed by atoms with Crippen LogP contribution in [0.5, 0.6) is 5.75 Å². The van der Waals surface area contributed by atoms with Crippen molar-refractivity contribution in [3.05, 3.63) is 70.5 Å². The van der Waals surface area contributed by atoms with Crippen molar-refractivity contribution in [2.24, 2.45) is 0 Å². The molecule has 1 saturated heterocycles. The summed E-state index contributed by atoms with van der Waals surface area (Å²) in [6.45, 7) is 4.34. The van der Waals surface area contributed by atoms with Gasteiger partial charge in [-0.3, -0.25) is 19.3 Å². The van der Waals surface area contributed by atoms with Crippen molar-refractivity contribution in [2.75, 3.05) is 33.8 Å². The number of nitrogens with zero attached hydrogens (tertiary/aromatic N) is 3. The van der Waals surface area contributed by atoms with Gasteiger partial charge in [-0.1, -0.05) is 42.5 Å². The van der Waals surface area contributed by atoms with Gasteiger partial charge in [0.1, 0.15) is 22.8 Å². The molecule has 0 bridgehead atoms. The van der Waals surface area contributed by atoms with Crippen molar-refractivity contribution < 1.29 is 19.1 Å². The number of hydrogen-bond acceptors (Lipinski definition) is 7. The molecule has 4 rings (SSSR count). The largest absolute Gasteiger partial charge is 0.497 e. The summed E-state index contributed by atoms with van der Waals surface area (Å²) in [7, 11) is 3.21. The Morgan fingerprint density at radius 1 is 1.02 bits per heavy atom. The summed E-state index contributed by atoms with van der Waals surface area (Å²) in [4.78, 5) is 47.9. The van der Waals surface area contributed by atoms with Gasteiger partial charge >= 0.3 is 0 Å². The summed E-state index contributed by atoms with van der Waals surface area (Å²) in [5, 5.41) is 9.00. The summed E-state index contributed by atoms with van der Waals surface area (Å²) < 4.78 is 5.24. The molecule has 0 aliphatic carbocycles. The lowest BCUT2D eigenvalue weighted by atomic mass is 10.0. The van der Waals surface area contributed by atoms with E-state index in [2.05, 4.69) is 33.0 Å². The summed E-state index contributed by atoms with van der Waals surface area (Å²) in [6.07, 6.45) is 2.00. The zero-order chi connectivity index (χ0) is 29.2. The monoisotopic (exact) mass is 577 g/mol. The standard InChI is InChI=1S/C31H39N5O4S/c1-22-30(38)32-16-8-18-36(20-29-34-27(21-41-29)24-9-5-4-6-10-24)17-7-11-28(37)33-26(31(39)35(22)2)19-23-12-14-25(40-3)15-13-23/h4-6,9-10,12-15,21-22,26H,7-8,11,16-20H2,1-3H3,(H,32,38)(H,33,37)/t22-,26-/m0/s1. The molecule has 0 saturated carbocycles. The lowest BCUT2D eigenvalue weighted by molar-refractivity contribution is -0.141. The van der Waals surface area contributed by atoms with E-state index in [1.807, 2.05) is 42.5 Å². The average Bonchev–Trinajstić information content (AvgIpc) is 3.46. The lowest BCUT2D eigenvalue weighted by Crippen LogP contribution is -2.54. The maximum absolute atomic E-state index is 13.5. The van der Waals surface area contributed by atoms with E-state index in [4.69, 9.17) is 9.72 Å². The first-order valence-corrected chi connectivity index (χ1v) is 14.9. The van der Waals surface area contributed by atoms with Crippen LogP contribution in [0.3, 0.4) is 0 Å². The molecule has 0 radical (unpaired) electrons. The zero-order valence-electron chi connectivity index (χ0n) is 24.0. The highest BCUT2D eigenvalue weighted by molar-refractivity contribution is 7.09. The molecule has 3 aromatic rings. The molecule has 0 unspecified atom stereocenters. The number of rotatable bonds is 6. The minimum atomic E-state index is -0.788. The smallest absolute Gasteiger partial charge is 0.245 e. The van der Waals surface area contributed by atoms with Crippen LogP contribution in [-0.4, -0.2) is 78.4 Å². The van der Waals surface area contributed by atoms with Crippen molar-refractivity contribution in [1.82, 2.24) is 25.4 Å². The number of aromatic nitrogens is 1. The van der Waals surface area contributed by atoms with Gasteiger partial charge in [0.15, 0.2) is 0 Å². The normalized spacial score (nSPS) is 20.1. The van der Waals surface area contributed by atoms with Crippen molar-refractivity contribution in [3.63, 3.8) is 0 Å². The molecule has 10 heteroatoms. The highest BCUT2D eigenvalue weighted by atomic mass is 32.1. The van der Waals surface area contributed by atoms with Gasteiger partial charge in [-0.05, 0) is 44.0 Å². The molecule has 0 spiro atoms. The van der Waals surface area contributed by atoms with Crippen molar-refractivity contribution in [1.29, 1.82) is 0 Å². The fraction of sp³-hybridized carbons (Fsp3) is 0.419. The summed E-state index contributed by atoms with van der Waals surface area (Å²) in [5.74, 6) is 0.0144. The number of methoxy groups -OCH3 is 1. The number of hydrogen-bond donors (Lipinski definition) is 2. The Kier molecular flexibility index (Phi) is 10.9. The topological polar surface area (TPSA) is 104 Å². The molecule has 2 heterocycles. The number of nitrogens with one attached hydrogen (secondary N) is 2. The Labute approximate surface area is 245 Å². The molecule has 218 valence electrons. The van der Waals surface area contributed by atoms with Crippen molar-refractivity contribution in [2.45, 2.75) is 51.2 Å². The number of likely N-dealkylation sites (N-methyl/N-ethyl adjacent to an activating group) is 1. The first-order valence-electron chi connectivity index (χ1n) is 14.0. The SMILES string of the molecule is COc1ccc(C[C@@H]2NC(=O)CCCN(Cc3nc(-c4ccccc4)cs3)CCCNC(=O)[C@H](C)N(C)C2=O)cc1. The lowest BCUT2D eigenvalue weighted by Gasteiger charge is -2.29. The van der Waals surface area contributed by atoms with E-state index in [1.54, 1.807) is 32.4 Å². The zero-order valence-corrected chi connectivity index (χ0v) is 24.8. The van der Waals surface area contributed by atoms with Gasteiger partial charge in [0, 0.05) is 43.9 Å². The molecular formula is C31H39N5O4S. The molecule has 1 fully saturated rings. The molecule has 2 atom stereocenters. The number of amides is 3. The molecule has 1 aliphatic heterocycles. The van der Waals surface area contributed by atoms with Crippen LogP contribution in [0.4, 0.5) is 0 Å². The van der Waals surface area contributed by atoms with Crippen LogP contribution in [0.1, 0.15) is 36.8 Å². The molecular weight excluding hydrogens is 538 g/mol. The number of carbonyl (C=O) groups excluding carboxylic acids is 3. The molecule has 41 heavy (non-hydrogen) atoms. The van der Waals surface area contributed by atoms with Crippen LogP contribution >= 0.6 is 11.3 Å². The third-order valence-electron chi connectivity index (χ3n) is 7.35. The Balaban J connectivity index is 1.45. The van der Waals surface area contributed by atoms with E-state index < -0.39 is 12.1 Å². The summed E-state index contributed by atoms with van der Waals surface area (Å²) in [6, 6.07) is 16.1. The predicted octanol–water partition coefficient (Wildman–Crippen LogP) is 3.50. The van der Waals surface area contributed by atoms with Gasteiger partial charge in [-0.2, -0.15) is 0 Å². The Morgan fingerprint density at radius 2 is 1.76 bits per heavy atom. The van der Waals surface area contributed by atoms with Gasteiger partial charge in [-0.25, -0.2) is 4.98 Å². The molecule has 9 nitrogen and oxygen atoms in total. The molecule has 1 aliphatic rings. The molecule has 1 aromatic heterocycles. The van der Waals surface area contributed by atoms with Gasteiger partial charge < -0.3 is 20.3 Å². The quantitative estimate of drug-likeness (QED) is 0.465. The van der Waals surface area contributed by atoms with Crippen LogP contribution in [-0.2, 0) is 27.3 Å². The minimum absolute atomic E-state index is 0.183. The third-order valence-corrected chi connectivity index (χ3v) is 8.18.